The Hall–Kier alpha value is -1.62. The van der Waals surface area contributed by atoms with Gasteiger partial charge in [-0.3, -0.25) is 0 Å². The van der Waals surface area contributed by atoms with E-state index in [9.17, 15) is 8.78 Å². The number of hydrogen-bond acceptors (Lipinski definition) is 2. The molecule has 0 bridgehead atoms. The lowest BCUT2D eigenvalue weighted by atomic mass is 10.1. The van der Waals surface area contributed by atoms with E-state index < -0.39 is 6.61 Å². The van der Waals surface area contributed by atoms with Crippen molar-refractivity contribution in [1.82, 2.24) is 0 Å². The van der Waals surface area contributed by atoms with Gasteiger partial charge in [-0.05, 0) is 42.8 Å². The highest BCUT2D eigenvalue weighted by Crippen LogP contribution is 2.24. The van der Waals surface area contributed by atoms with Gasteiger partial charge >= 0.3 is 6.61 Å². The minimum absolute atomic E-state index is 0.0601. The lowest BCUT2D eigenvalue weighted by Gasteiger charge is -2.16. The molecule has 0 amide bonds. The highest BCUT2D eigenvalue weighted by Gasteiger charge is 2.08. The summed E-state index contributed by atoms with van der Waals surface area (Å²) in [5.74, 6) is 0.165. The van der Waals surface area contributed by atoms with Crippen LogP contribution in [0.5, 0.6) is 5.75 Å². The summed E-state index contributed by atoms with van der Waals surface area (Å²) in [7, 11) is 0. The van der Waals surface area contributed by atoms with E-state index in [-0.39, 0.29) is 11.8 Å². The predicted octanol–water partition coefficient (Wildman–Crippen LogP) is 5.22. The fourth-order valence-electron chi connectivity index (χ4n) is 1.85. The highest BCUT2D eigenvalue weighted by atomic mass is 79.9. The molecule has 0 spiro atoms. The van der Waals surface area contributed by atoms with Crippen LogP contribution in [0.1, 0.15) is 18.5 Å². The number of alkyl halides is 2. The Morgan fingerprint density at radius 3 is 2.40 bits per heavy atom. The van der Waals surface area contributed by atoms with E-state index in [2.05, 4.69) is 26.0 Å². The summed E-state index contributed by atoms with van der Waals surface area (Å²) in [6.45, 7) is -0.790. The second-order valence-electron chi connectivity index (χ2n) is 4.32. The van der Waals surface area contributed by atoms with Crippen LogP contribution in [0.3, 0.4) is 0 Å². The van der Waals surface area contributed by atoms with Crippen molar-refractivity contribution >= 4 is 21.6 Å². The summed E-state index contributed by atoms with van der Waals surface area (Å²) in [5.41, 5.74) is 1.98. The molecule has 0 aliphatic rings. The van der Waals surface area contributed by atoms with Crippen LogP contribution in [0.15, 0.2) is 53.0 Å². The van der Waals surface area contributed by atoms with Crippen molar-refractivity contribution < 1.29 is 13.5 Å². The third kappa shape index (κ3) is 4.20. The first-order valence-corrected chi connectivity index (χ1v) is 6.91. The Morgan fingerprint density at radius 2 is 1.80 bits per heavy atom. The van der Waals surface area contributed by atoms with Crippen LogP contribution in [0, 0.1) is 0 Å². The first-order chi connectivity index (χ1) is 9.54. The molecule has 0 saturated carbocycles. The molecule has 0 radical (unpaired) electrons. The van der Waals surface area contributed by atoms with Crippen LogP contribution in [-0.2, 0) is 0 Å². The number of anilines is 1. The van der Waals surface area contributed by atoms with Crippen molar-refractivity contribution in [2.75, 3.05) is 5.32 Å². The molecule has 2 nitrogen and oxygen atoms in total. The molecule has 5 heteroatoms. The second kappa shape index (κ2) is 6.70. The van der Waals surface area contributed by atoms with Crippen LogP contribution in [-0.4, -0.2) is 6.61 Å². The zero-order valence-electron chi connectivity index (χ0n) is 10.8. The van der Waals surface area contributed by atoms with Crippen molar-refractivity contribution in [3.8, 4) is 5.75 Å². The lowest BCUT2D eigenvalue weighted by molar-refractivity contribution is -0.0498. The summed E-state index contributed by atoms with van der Waals surface area (Å²) < 4.78 is 29.5. The first-order valence-electron chi connectivity index (χ1n) is 6.11. The van der Waals surface area contributed by atoms with Crippen molar-refractivity contribution in [3.05, 3.63) is 58.6 Å². The zero-order valence-corrected chi connectivity index (χ0v) is 12.4. The normalized spacial score (nSPS) is 12.2. The summed E-state index contributed by atoms with van der Waals surface area (Å²) in [4.78, 5) is 0. The summed E-state index contributed by atoms with van der Waals surface area (Å²) in [5, 5.41) is 3.34. The smallest absolute Gasteiger partial charge is 0.387 e. The van der Waals surface area contributed by atoms with Crippen LogP contribution >= 0.6 is 15.9 Å². The van der Waals surface area contributed by atoms with Gasteiger partial charge in [-0.2, -0.15) is 8.78 Å². The molecule has 0 aliphatic heterocycles. The van der Waals surface area contributed by atoms with Gasteiger partial charge in [0.2, 0.25) is 0 Å². The molecule has 1 unspecified atom stereocenters. The van der Waals surface area contributed by atoms with E-state index in [4.69, 9.17) is 0 Å². The van der Waals surface area contributed by atoms with Crippen molar-refractivity contribution in [2.24, 2.45) is 0 Å². The van der Waals surface area contributed by atoms with E-state index in [1.807, 2.05) is 31.2 Å². The monoisotopic (exact) mass is 341 g/mol. The second-order valence-corrected chi connectivity index (χ2v) is 5.24. The molecule has 2 aromatic rings. The quantitative estimate of drug-likeness (QED) is 0.804. The molecule has 1 N–H and O–H groups in total. The molecular weight excluding hydrogens is 328 g/mol. The number of nitrogens with one attached hydrogen (secondary N) is 1. The minimum atomic E-state index is -2.79. The van der Waals surface area contributed by atoms with Crippen LogP contribution < -0.4 is 10.1 Å². The maximum atomic E-state index is 12.1. The molecule has 20 heavy (non-hydrogen) atoms. The number of benzene rings is 2. The fourth-order valence-corrected chi connectivity index (χ4v) is 2.25. The average molecular weight is 342 g/mol. The first kappa shape index (κ1) is 14.8. The molecule has 106 valence electrons. The molecule has 2 rings (SSSR count). The van der Waals surface area contributed by atoms with Gasteiger partial charge in [-0.25, -0.2) is 0 Å². The van der Waals surface area contributed by atoms with E-state index in [0.717, 1.165) is 15.7 Å². The minimum Gasteiger partial charge on any atom is -0.435 e. The molecule has 0 aliphatic carbocycles. The summed E-state index contributed by atoms with van der Waals surface area (Å²) in [6.07, 6.45) is 0. The molecule has 0 fully saturated rings. The van der Waals surface area contributed by atoms with Gasteiger partial charge in [-0.15, -0.1) is 0 Å². The Morgan fingerprint density at radius 1 is 1.10 bits per heavy atom. The Balaban J connectivity index is 2.03. The maximum absolute atomic E-state index is 12.1. The van der Waals surface area contributed by atoms with Crippen LogP contribution in [0.25, 0.3) is 0 Å². The largest absolute Gasteiger partial charge is 0.435 e. The number of hydrogen-bond donors (Lipinski definition) is 1. The van der Waals surface area contributed by atoms with Gasteiger partial charge in [0.1, 0.15) is 5.75 Å². The Labute approximate surface area is 124 Å². The number of ether oxygens (including phenoxy) is 1. The Bertz CT molecular complexity index is 560. The molecule has 0 heterocycles. The topological polar surface area (TPSA) is 21.3 Å². The molecule has 0 aromatic heterocycles. The summed E-state index contributed by atoms with van der Waals surface area (Å²) >= 11 is 3.41. The van der Waals surface area contributed by atoms with Gasteiger partial charge in [-0.1, -0.05) is 34.1 Å². The SMILES string of the molecule is CC(Nc1cccc(Br)c1)c1ccc(OC(F)F)cc1. The van der Waals surface area contributed by atoms with Gasteiger partial charge in [0.05, 0.1) is 0 Å². The van der Waals surface area contributed by atoms with Crippen LogP contribution in [0.2, 0.25) is 0 Å². The van der Waals surface area contributed by atoms with Gasteiger partial charge in [0, 0.05) is 16.2 Å². The van der Waals surface area contributed by atoms with E-state index in [1.165, 1.54) is 0 Å². The van der Waals surface area contributed by atoms with Crippen molar-refractivity contribution in [1.29, 1.82) is 0 Å². The third-order valence-electron chi connectivity index (χ3n) is 2.81. The van der Waals surface area contributed by atoms with E-state index >= 15 is 0 Å². The maximum Gasteiger partial charge on any atom is 0.387 e. The van der Waals surface area contributed by atoms with Gasteiger partial charge in [0.15, 0.2) is 0 Å². The molecule has 2 aromatic carbocycles. The fraction of sp³-hybridized carbons (Fsp3) is 0.200. The predicted molar refractivity (Wildman–Crippen MR) is 79.3 cm³/mol. The average Bonchev–Trinajstić information content (AvgIpc) is 2.38. The third-order valence-corrected chi connectivity index (χ3v) is 3.31. The van der Waals surface area contributed by atoms with E-state index in [0.29, 0.717) is 0 Å². The standard InChI is InChI=1S/C15H14BrF2NO/c1-10(19-13-4-2-3-12(16)9-13)11-5-7-14(8-6-11)20-15(17)18/h2-10,15,19H,1H3. The number of halogens is 3. The van der Waals surface area contributed by atoms with Crippen molar-refractivity contribution in [3.63, 3.8) is 0 Å². The number of rotatable bonds is 5. The van der Waals surface area contributed by atoms with E-state index in [1.54, 1.807) is 24.3 Å². The van der Waals surface area contributed by atoms with Crippen molar-refractivity contribution in [2.45, 2.75) is 19.6 Å². The lowest BCUT2D eigenvalue weighted by Crippen LogP contribution is -2.07. The van der Waals surface area contributed by atoms with Crippen LogP contribution in [0.4, 0.5) is 14.5 Å². The molecular formula is C15H14BrF2NO. The molecule has 0 saturated heterocycles. The van der Waals surface area contributed by atoms with Gasteiger partial charge < -0.3 is 10.1 Å². The zero-order chi connectivity index (χ0) is 14.5. The Kier molecular flexibility index (Phi) is 4.95. The van der Waals surface area contributed by atoms with Gasteiger partial charge in [0.25, 0.3) is 0 Å². The molecule has 1 atom stereocenters. The summed E-state index contributed by atoms with van der Waals surface area (Å²) in [6, 6.07) is 14.5. The highest BCUT2D eigenvalue weighted by molar-refractivity contribution is 9.10.